The van der Waals surface area contributed by atoms with Gasteiger partial charge in [-0.3, -0.25) is 4.57 Å². The molecule has 33 heavy (non-hydrogen) atoms. The van der Waals surface area contributed by atoms with Crippen LogP contribution in [0.1, 0.15) is 19.4 Å². The van der Waals surface area contributed by atoms with Crippen molar-refractivity contribution in [2.75, 3.05) is 53.3 Å². The van der Waals surface area contributed by atoms with Crippen LogP contribution in [-0.2, 0) is 11.3 Å². The number of rotatable bonds is 11. The number of nitrogen functional groups attached to an aromatic ring is 1. The van der Waals surface area contributed by atoms with E-state index in [4.69, 9.17) is 31.5 Å². The van der Waals surface area contributed by atoms with Crippen LogP contribution in [0.4, 0.5) is 5.82 Å². The molecule has 12 heteroatoms. The summed E-state index contributed by atoms with van der Waals surface area (Å²) >= 11 is 6.41. The highest BCUT2D eigenvalue weighted by molar-refractivity contribution is 6.31. The van der Waals surface area contributed by atoms with Crippen LogP contribution in [0, 0.1) is 5.41 Å². The summed E-state index contributed by atoms with van der Waals surface area (Å²) in [5, 5.41) is 0.360. The molecule has 0 bridgehead atoms. The van der Waals surface area contributed by atoms with Gasteiger partial charge in [-0.25, -0.2) is 9.78 Å². The molecular weight excluding hydrogens is 450 g/mol. The van der Waals surface area contributed by atoms with E-state index in [-0.39, 0.29) is 36.1 Å². The molecule has 0 radical (unpaired) electrons. The molecule has 11 nitrogen and oxygen atoms in total. The number of pyridine rings is 1. The molecule has 3 aromatic heterocycles. The van der Waals surface area contributed by atoms with Gasteiger partial charge in [-0.2, -0.15) is 9.97 Å². The Morgan fingerprint density at radius 3 is 2.67 bits per heavy atom. The average molecular weight is 480 g/mol. The second-order valence-corrected chi connectivity index (χ2v) is 9.18. The number of aromatic amines is 1. The van der Waals surface area contributed by atoms with Crippen molar-refractivity contribution in [3.05, 3.63) is 33.3 Å². The zero-order valence-corrected chi connectivity index (χ0v) is 20.3. The normalized spacial score (nSPS) is 12.0. The maximum atomic E-state index is 12.6. The topological polar surface area (TPSA) is 133 Å². The molecule has 0 aliphatic rings. The maximum absolute atomic E-state index is 12.6. The first kappa shape index (κ1) is 24.7. The van der Waals surface area contributed by atoms with Crippen LogP contribution >= 0.6 is 11.6 Å². The first-order chi connectivity index (χ1) is 15.6. The number of anilines is 1. The van der Waals surface area contributed by atoms with E-state index in [2.05, 4.69) is 38.7 Å². The summed E-state index contributed by atoms with van der Waals surface area (Å²) in [6, 6.07) is 1.78. The van der Waals surface area contributed by atoms with Crippen molar-refractivity contribution < 1.29 is 14.2 Å². The van der Waals surface area contributed by atoms with E-state index < -0.39 is 0 Å². The monoisotopic (exact) mass is 479 g/mol. The first-order valence-electron chi connectivity index (χ1n) is 10.4. The highest BCUT2D eigenvalue weighted by Crippen LogP contribution is 2.26. The van der Waals surface area contributed by atoms with Gasteiger partial charge in [0.15, 0.2) is 11.5 Å². The molecule has 0 aliphatic carbocycles. The Bertz CT molecular complexity index is 1160. The SMILES string of the molecule is COCCOc1nc(N)c2[nH]c(=O)n(Cc3cnc(OCC(C)(C)CN(C)C)c(Cl)c3)c2n1. The number of nitrogens with two attached hydrogens (primary N) is 1. The van der Waals surface area contributed by atoms with Gasteiger partial charge in [-0.1, -0.05) is 25.4 Å². The van der Waals surface area contributed by atoms with E-state index in [0.717, 1.165) is 6.54 Å². The van der Waals surface area contributed by atoms with E-state index in [1.54, 1.807) is 19.4 Å². The standard InChI is InChI=1S/C21H30ClN7O4/c1-21(2,11-28(3)4)12-33-18-14(22)8-13(9-24-18)10-29-17-15(25-20(29)30)16(23)26-19(27-17)32-7-6-31-5/h8-9H,6-7,10-12H2,1-5H3,(H,25,30)(H2,23,26,27). The Labute approximate surface area is 196 Å². The van der Waals surface area contributed by atoms with Gasteiger partial charge < -0.3 is 29.8 Å². The fourth-order valence-corrected chi connectivity index (χ4v) is 3.71. The summed E-state index contributed by atoms with van der Waals surface area (Å²) in [5.74, 6) is 0.461. The zero-order chi connectivity index (χ0) is 24.2. The molecule has 180 valence electrons. The van der Waals surface area contributed by atoms with Gasteiger partial charge in [0.25, 0.3) is 0 Å². The molecule has 0 atom stereocenters. The highest BCUT2D eigenvalue weighted by Gasteiger charge is 2.21. The van der Waals surface area contributed by atoms with Gasteiger partial charge >= 0.3 is 11.7 Å². The number of halogens is 1. The summed E-state index contributed by atoms with van der Waals surface area (Å²) in [6.45, 7) is 6.33. The quantitative estimate of drug-likeness (QED) is 0.394. The number of ether oxygens (including phenoxy) is 3. The lowest BCUT2D eigenvalue weighted by molar-refractivity contribution is 0.137. The lowest BCUT2D eigenvalue weighted by Gasteiger charge is -2.28. The summed E-state index contributed by atoms with van der Waals surface area (Å²) in [6.07, 6.45) is 1.62. The van der Waals surface area contributed by atoms with Crippen LogP contribution in [0.3, 0.4) is 0 Å². The zero-order valence-electron chi connectivity index (χ0n) is 19.5. The van der Waals surface area contributed by atoms with Crippen LogP contribution in [0.15, 0.2) is 17.1 Å². The van der Waals surface area contributed by atoms with E-state index in [9.17, 15) is 4.79 Å². The van der Waals surface area contributed by atoms with Crippen LogP contribution in [-0.4, -0.2) is 77.0 Å². The van der Waals surface area contributed by atoms with Crippen LogP contribution < -0.4 is 20.9 Å². The van der Waals surface area contributed by atoms with Crippen molar-refractivity contribution >= 4 is 28.6 Å². The van der Waals surface area contributed by atoms with Crippen molar-refractivity contribution in [3.63, 3.8) is 0 Å². The molecule has 0 fully saturated rings. The number of hydrogen-bond acceptors (Lipinski definition) is 9. The molecule has 3 rings (SSSR count). The number of hydrogen-bond donors (Lipinski definition) is 2. The smallest absolute Gasteiger partial charge is 0.328 e. The molecule has 0 unspecified atom stereocenters. The minimum absolute atomic E-state index is 0.0602. The van der Waals surface area contributed by atoms with Crippen molar-refractivity contribution in [3.8, 4) is 11.9 Å². The second kappa shape index (κ2) is 10.4. The lowest BCUT2D eigenvalue weighted by Crippen LogP contribution is -2.33. The Morgan fingerprint density at radius 1 is 1.24 bits per heavy atom. The Morgan fingerprint density at radius 2 is 2.00 bits per heavy atom. The van der Waals surface area contributed by atoms with Crippen molar-refractivity contribution in [1.29, 1.82) is 0 Å². The van der Waals surface area contributed by atoms with E-state index in [1.807, 2.05) is 14.1 Å². The number of aromatic nitrogens is 5. The number of methoxy groups -OCH3 is 1. The van der Waals surface area contributed by atoms with Crippen LogP contribution in [0.25, 0.3) is 11.2 Å². The Kier molecular flexibility index (Phi) is 7.77. The number of H-pyrrole nitrogens is 1. The summed E-state index contributed by atoms with van der Waals surface area (Å²) in [5.41, 5.74) is 6.87. The third-order valence-electron chi connectivity index (χ3n) is 4.70. The average Bonchev–Trinajstić information content (AvgIpc) is 3.03. The van der Waals surface area contributed by atoms with Gasteiger partial charge in [0.05, 0.1) is 19.8 Å². The number of imidazole rings is 1. The van der Waals surface area contributed by atoms with Crippen LogP contribution in [0.5, 0.6) is 11.9 Å². The molecule has 0 spiro atoms. The third-order valence-corrected chi connectivity index (χ3v) is 4.97. The van der Waals surface area contributed by atoms with Gasteiger partial charge in [-0.15, -0.1) is 0 Å². The third kappa shape index (κ3) is 6.34. The van der Waals surface area contributed by atoms with E-state index >= 15 is 0 Å². The van der Waals surface area contributed by atoms with Gasteiger partial charge in [0.1, 0.15) is 17.1 Å². The Balaban J connectivity index is 1.80. The molecule has 0 saturated carbocycles. The van der Waals surface area contributed by atoms with Gasteiger partial charge in [0.2, 0.25) is 5.88 Å². The molecule has 0 saturated heterocycles. The highest BCUT2D eigenvalue weighted by atomic mass is 35.5. The fraction of sp³-hybridized carbons (Fsp3) is 0.524. The van der Waals surface area contributed by atoms with Crippen molar-refractivity contribution in [2.24, 2.45) is 5.41 Å². The number of nitrogens with zero attached hydrogens (tertiary/aromatic N) is 5. The van der Waals surface area contributed by atoms with Crippen molar-refractivity contribution in [1.82, 2.24) is 29.4 Å². The number of fused-ring (bicyclic) bond motifs is 1. The molecule has 3 aromatic rings. The predicted octanol–water partition coefficient (Wildman–Crippen LogP) is 1.79. The summed E-state index contributed by atoms with van der Waals surface area (Å²) in [4.78, 5) is 30.1. The Hall–Kier alpha value is -2.89. The first-order valence-corrected chi connectivity index (χ1v) is 10.8. The predicted molar refractivity (Wildman–Crippen MR) is 126 cm³/mol. The minimum Gasteiger partial charge on any atom is -0.476 e. The van der Waals surface area contributed by atoms with E-state index in [0.29, 0.717) is 40.8 Å². The van der Waals surface area contributed by atoms with Gasteiger partial charge in [-0.05, 0) is 25.7 Å². The van der Waals surface area contributed by atoms with Crippen molar-refractivity contribution in [2.45, 2.75) is 20.4 Å². The summed E-state index contributed by atoms with van der Waals surface area (Å²) < 4.78 is 17.7. The molecule has 3 N–H and O–H groups in total. The molecular formula is C21H30ClN7O4. The van der Waals surface area contributed by atoms with Gasteiger partial charge in [0, 0.05) is 25.3 Å². The second-order valence-electron chi connectivity index (χ2n) is 8.77. The minimum atomic E-state index is -0.387. The maximum Gasteiger partial charge on any atom is 0.328 e. The summed E-state index contributed by atoms with van der Waals surface area (Å²) in [7, 11) is 5.59. The largest absolute Gasteiger partial charge is 0.476 e. The fourth-order valence-electron chi connectivity index (χ4n) is 3.46. The van der Waals surface area contributed by atoms with E-state index in [1.165, 1.54) is 4.57 Å². The number of nitrogens with one attached hydrogen (secondary N) is 1. The molecule has 3 heterocycles. The lowest BCUT2D eigenvalue weighted by atomic mass is 9.94. The molecule has 0 aromatic carbocycles. The molecule has 0 aliphatic heterocycles. The molecule has 0 amide bonds. The van der Waals surface area contributed by atoms with Crippen LogP contribution in [0.2, 0.25) is 5.02 Å².